The van der Waals surface area contributed by atoms with Crippen molar-refractivity contribution in [2.75, 3.05) is 10.2 Å². The second-order valence-electron chi connectivity index (χ2n) is 6.94. The van der Waals surface area contributed by atoms with E-state index in [1.165, 1.54) is 11.0 Å². The van der Waals surface area contributed by atoms with Gasteiger partial charge in [0.2, 0.25) is 0 Å². The summed E-state index contributed by atoms with van der Waals surface area (Å²) < 4.78 is 53.8. The number of hydrogen-bond acceptors (Lipinski definition) is 2. The van der Waals surface area contributed by atoms with E-state index in [9.17, 15) is 17.6 Å². The molecule has 0 amide bonds. The maximum Gasteiger partial charge on any atom is 0.414 e. The predicted molar refractivity (Wildman–Crippen MR) is 111 cm³/mol. The summed E-state index contributed by atoms with van der Waals surface area (Å²) in [6.07, 6.45) is -2.94. The Balaban J connectivity index is 2.20. The summed E-state index contributed by atoms with van der Waals surface area (Å²) in [6.45, 7) is 9.33. The highest BCUT2D eigenvalue weighted by Gasteiger charge is 2.33. The van der Waals surface area contributed by atoms with Crippen LogP contribution < -0.4 is 10.2 Å². The van der Waals surface area contributed by atoms with Gasteiger partial charge in [0, 0.05) is 41.0 Å². The molecule has 0 unspecified atom stereocenters. The molecule has 2 rings (SSSR count). The van der Waals surface area contributed by atoms with Crippen molar-refractivity contribution in [3.63, 3.8) is 0 Å². The largest absolute Gasteiger partial charge is 0.414 e. The third-order valence-corrected chi connectivity index (χ3v) is 4.55. The number of alkyl halides is 3. The van der Waals surface area contributed by atoms with E-state index < -0.39 is 11.7 Å². The summed E-state index contributed by atoms with van der Waals surface area (Å²) in [5, 5.41) is 3.15. The lowest BCUT2D eigenvalue weighted by molar-refractivity contribution is -0.0942. The minimum atomic E-state index is -4.39. The van der Waals surface area contributed by atoms with Gasteiger partial charge >= 0.3 is 6.18 Å². The molecule has 0 bridgehead atoms. The van der Waals surface area contributed by atoms with E-state index >= 15 is 0 Å². The Hall–Kier alpha value is -2.76. The maximum absolute atomic E-state index is 13.9. The number of anilines is 2. The number of rotatable bonds is 8. The molecule has 1 N–H and O–H groups in total. The third kappa shape index (κ3) is 6.11. The first-order valence-electron chi connectivity index (χ1n) is 9.44. The van der Waals surface area contributed by atoms with Crippen LogP contribution >= 0.6 is 0 Å². The lowest BCUT2D eigenvalue weighted by Crippen LogP contribution is -2.19. The highest BCUT2D eigenvalue weighted by Crippen LogP contribution is 2.32. The molecule has 0 fully saturated rings. The van der Waals surface area contributed by atoms with Crippen LogP contribution in [0.3, 0.4) is 0 Å². The SMILES string of the molecule is C=C(C)N(C=C(CCC)C(F)(F)F)c1ccc(NCc2c(C)cccc2F)cc1. The zero-order valence-corrected chi connectivity index (χ0v) is 16.9. The molecule has 29 heavy (non-hydrogen) atoms. The molecular weight excluding hydrogens is 380 g/mol. The van der Waals surface area contributed by atoms with Crippen molar-refractivity contribution in [2.45, 2.75) is 46.3 Å². The van der Waals surface area contributed by atoms with Crippen molar-refractivity contribution in [1.29, 1.82) is 0 Å². The Kier molecular flexibility index (Phi) is 7.48. The zero-order chi connectivity index (χ0) is 21.6. The molecule has 0 aliphatic heterocycles. The predicted octanol–water partition coefficient (Wildman–Crippen LogP) is 7.33. The number of nitrogens with zero attached hydrogens (tertiary/aromatic N) is 1. The molecule has 0 heterocycles. The Morgan fingerprint density at radius 3 is 2.31 bits per heavy atom. The fourth-order valence-electron chi connectivity index (χ4n) is 2.93. The van der Waals surface area contributed by atoms with Gasteiger partial charge in [-0.1, -0.05) is 32.1 Å². The summed E-state index contributed by atoms with van der Waals surface area (Å²) in [4.78, 5) is 1.43. The van der Waals surface area contributed by atoms with Gasteiger partial charge in [-0.25, -0.2) is 4.39 Å². The zero-order valence-electron chi connectivity index (χ0n) is 16.9. The normalized spacial score (nSPS) is 12.0. The minimum Gasteiger partial charge on any atom is -0.381 e. The molecule has 0 atom stereocenters. The number of allylic oxidation sites excluding steroid dienone is 2. The number of aryl methyl sites for hydroxylation is 1. The van der Waals surface area contributed by atoms with E-state index in [2.05, 4.69) is 11.9 Å². The first-order valence-corrected chi connectivity index (χ1v) is 9.44. The number of nitrogens with one attached hydrogen (secondary N) is 1. The average molecular weight is 406 g/mol. The van der Waals surface area contributed by atoms with Crippen molar-refractivity contribution in [3.8, 4) is 0 Å². The van der Waals surface area contributed by atoms with Gasteiger partial charge in [0.1, 0.15) is 5.82 Å². The maximum atomic E-state index is 13.9. The second kappa shape index (κ2) is 9.63. The molecule has 0 radical (unpaired) electrons. The van der Waals surface area contributed by atoms with Gasteiger partial charge < -0.3 is 10.2 Å². The van der Waals surface area contributed by atoms with E-state index in [0.29, 0.717) is 29.9 Å². The van der Waals surface area contributed by atoms with E-state index in [1.54, 1.807) is 44.2 Å². The van der Waals surface area contributed by atoms with Gasteiger partial charge in [-0.2, -0.15) is 13.2 Å². The van der Waals surface area contributed by atoms with Gasteiger partial charge in [-0.15, -0.1) is 0 Å². The molecule has 2 aromatic rings. The minimum absolute atomic E-state index is 0.0606. The van der Waals surface area contributed by atoms with Crippen LogP contribution in [-0.2, 0) is 6.54 Å². The van der Waals surface area contributed by atoms with Crippen LogP contribution in [0.25, 0.3) is 0 Å². The van der Waals surface area contributed by atoms with E-state index in [-0.39, 0.29) is 12.2 Å². The molecular formula is C23H26F4N2. The third-order valence-electron chi connectivity index (χ3n) is 4.55. The molecule has 6 heteroatoms. The molecule has 0 aliphatic rings. The quantitative estimate of drug-likeness (QED) is 0.462. The lowest BCUT2D eigenvalue weighted by atomic mass is 10.1. The Morgan fingerprint density at radius 2 is 1.79 bits per heavy atom. The van der Waals surface area contributed by atoms with Gasteiger partial charge in [-0.05, 0) is 56.2 Å². The standard InChI is InChI=1S/C23H26F4N2/c1-5-7-18(23(25,26)27)15-29(16(2)3)20-12-10-19(11-13-20)28-14-21-17(4)8-6-9-22(21)24/h6,8-13,15,28H,2,5,7,14H2,1,3-4H3. The lowest BCUT2D eigenvalue weighted by Gasteiger charge is -2.24. The van der Waals surface area contributed by atoms with Gasteiger partial charge in [0.15, 0.2) is 0 Å². The Morgan fingerprint density at radius 1 is 1.14 bits per heavy atom. The topological polar surface area (TPSA) is 15.3 Å². The van der Waals surface area contributed by atoms with Crippen molar-refractivity contribution < 1.29 is 17.6 Å². The molecule has 2 aromatic carbocycles. The van der Waals surface area contributed by atoms with Crippen LogP contribution in [0.5, 0.6) is 0 Å². The molecule has 0 saturated carbocycles. The summed E-state index contributed by atoms with van der Waals surface area (Å²) in [5.41, 5.74) is 2.63. The van der Waals surface area contributed by atoms with Gasteiger partial charge in [-0.3, -0.25) is 0 Å². The Labute approximate surface area is 169 Å². The van der Waals surface area contributed by atoms with Gasteiger partial charge in [0.05, 0.1) is 0 Å². The van der Waals surface area contributed by atoms with Crippen molar-refractivity contribution in [1.82, 2.24) is 0 Å². The monoisotopic (exact) mass is 406 g/mol. The van der Waals surface area contributed by atoms with Crippen molar-refractivity contribution >= 4 is 11.4 Å². The first kappa shape index (κ1) is 22.5. The van der Waals surface area contributed by atoms with E-state index in [0.717, 1.165) is 17.5 Å². The molecule has 156 valence electrons. The first-order chi connectivity index (χ1) is 13.6. The molecule has 0 saturated heterocycles. The van der Waals surface area contributed by atoms with Crippen LogP contribution in [-0.4, -0.2) is 6.18 Å². The van der Waals surface area contributed by atoms with Crippen molar-refractivity contribution in [3.05, 3.63) is 83.5 Å². The number of hydrogen-bond donors (Lipinski definition) is 1. The van der Waals surface area contributed by atoms with Crippen LogP contribution in [0.1, 0.15) is 37.8 Å². The van der Waals surface area contributed by atoms with Crippen LogP contribution in [0.2, 0.25) is 0 Å². The second-order valence-corrected chi connectivity index (χ2v) is 6.94. The van der Waals surface area contributed by atoms with Crippen LogP contribution in [0, 0.1) is 12.7 Å². The molecule has 0 aliphatic carbocycles. The number of halogens is 4. The summed E-state index contributed by atoms with van der Waals surface area (Å²) in [6, 6.07) is 11.8. The number of benzene rings is 2. The summed E-state index contributed by atoms with van der Waals surface area (Å²) >= 11 is 0. The fourth-order valence-corrected chi connectivity index (χ4v) is 2.93. The van der Waals surface area contributed by atoms with Crippen LogP contribution in [0.15, 0.2) is 66.5 Å². The van der Waals surface area contributed by atoms with Crippen molar-refractivity contribution in [2.24, 2.45) is 0 Å². The highest BCUT2D eigenvalue weighted by molar-refractivity contribution is 5.60. The highest BCUT2D eigenvalue weighted by atomic mass is 19.4. The smallest absolute Gasteiger partial charge is 0.381 e. The van der Waals surface area contributed by atoms with Gasteiger partial charge in [0.25, 0.3) is 0 Å². The van der Waals surface area contributed by atoms with E-state index in [1.807, 2.05) is 13.0 Å². The van der Waals surface area contributed by atoms with Crippen LogP contribution in [0.4, 0.5) is 28.9 Å². The molecule has 2 nitrogen and oxygen atoms in total. The summed E-state index contributed by atoms with van der Waals surface area (Å²) in [5.74, 6) is -0.275. The molecule has 0 spiro atoms. The average Bonchev–Trinajstić information content (AvgIpc) is 2.64. The Bertz CT molecular complexity index is 847. The fraction of sp³-hybridized carbons (Fsp3) is 0.304. The van der Waals surface area contributed by atoms with E-state index in [4.69, 9.17) is 0 Å². The summed E-state index contributed by atoms with van der Waals surface area (Å²) in [7, 11) is 0. The molecule has 0 aromatic heterocycles.